The number of carbonyl (C=O) groups is 1. The first kappa shape index (κ1) is 12.4. The number of ether oxygens (including phenoxy) is 1. The van der Waals surface area contributed by atoms with Crippen LogP contribution in [0.5, 0.6) is 0 Å². The Labute approximate surface area is 108 Å². The first-order valence-corrected chi connectivity index (χ1v) is 7.27. The quantitative estimate of drug-likeness (QED) is 0.832. The number of likely N-dealkylation sites (tertiary alicyclic amines) is 1. The van der Waals surface area contributed by atoms with Gasteiger partial charge in [0.25, 0.3) is 0 Å². The molecule has 0 bridgehead atoms. The van der Waals surface area contributed by atoms with Crippen LogP contribution in [-0.4, -0.2) is 47.3 Å². The van der Waals surface area contributed by atoms with Crippen LogP contribution in [0.25, 0.3) is 0 Å². The standard InChI is InChI=1S/C14H23NO3/c1-9-5-6-11(18-9)8-15-7-10-3-2-4-12(10)13(15)14(16)17/h9-13H,2-8H2,1H3,(H,16,17). The van der Waals surface area contributed by atoms with E-state index in [2.05, 4.69) is 11.8 Å². The molecule has 2 saturated heterocycles. The van der Waals surface area contributed by atoms with E-state index in [9.17, 15) is 9.90 Å². The number of nitrogens with zero attached hydrogens (tertiary/aromatic N) is 1. The molecule has 4 nitrogen and oxygen atoms in total. The van der Waals surface area contributed by atoms with E-state index in [0.717, 1.165) is 32.4 Å². The minimum absolute atomic E-state index is 0.251. The summed E-state index contributed by atoms with van der Waals surface area (Å²) in [7, 11) is 0. The molecule has 0 radical (unpaired) electrons. The van der Waals surface area contributed by atoms with Crippen LogP contribution < -0.4 is 0 Å². The molecule has 3 aliphatic rings. The van der Waals surface area contributed by atoms with Crippen molar-refractivity contribution in [2.45, 2.75) is 57.3 Å². The number of carboxylic acids is 1. The lowest BCUT2D eigenvalue weighted by atomic mass is 9.94. The van der Waals surface area contributed by atoms with E-state index in [1.807, 2.05) is 0 Å². The monoisotopic (exact) mass is 253 g/mol. The molecule has 0 amide bonds. The lowest BCUT2D eigenvalue weighted by Gasteiger charge is -2.26. The SMILES string of the molecule is CC1CCC(CN2CC3CCCC3C2C(=O)O)O1. The Kier molecular flexibility index (Phi) is 3.32. The normalized spacial score (nSPS) is 44.4. The summed E-state index contributed by atoms with van der Waals surface area (Å²) < 4.78 is 5.84. The molecule has 18 heavy (non-hydrogen) atoms. The first-order chi connectivity index (χ1) is 8.65. The zero-order chi connectivity index (χ0) is 12.7. The number of hydrogen-bond donors (Lipinski definition) is 1. The van der Waals surface area contributed by atoms with Crippen molar-refractivity contribution in [3.8, 4) is 0 Å². The zero-order valence-electron chi connectivity index (χ0n) is 11.0. The smallest absolute Gasteiger partial charge is 0.321 e. The van der Waals surface area contributed by atoms with E-state index in [4.69, 9.17) is 4.74 Å². The van der Waals surface area contributed by atoms with Gasteiger partial charge in [-0.15, -0.1) is 0 Å². The van der Waals surface area contributed by atoms with Gasteiger partial charge in [0, 0.05) is 13.1 Å². The van der Waals surface area contributed by atoms with Crippen molar-refractivity contribution in [3.63, 3.8) is 0 Å². The third-order valence-electron chi connectivity index (χ3n) is 5.00. The predicted molar refractivity (Wildman–Crippen MR) is 67.4 cm³/mol. The topological polar surface area (TPSA) is 49.8 Å². The van der Waals surface area contributed by atoms with Gasteiger partial charge in [-0.1, -0.05) is 6.42 Å². The molecular formula is C14H23NO3. The number of aliphatic carboxylic acids is 1. The maximum absolute atomic E-state index is 11.5. The van der Waals surface area contributed by atoms with Crippen LogP contribution in [-0.2, 0) is 9.53 Å². The van der Waals surface area contributed by atoms with E-state index in [0.29, 0.717) is 17.9 Å². The maximum atomic E-state index is 11.5. The van der Waals surface area contributed by atoms with Crippen molar-refractivity contribution in [1.29, 1.82) is 0 Å². The highest BCUT2D eigenvalue weighted by atomic mass is 16.5. The van der Waals surface area contributed by atoms with Crippen LogP contribution in [0.3, 0.4) is 0 Å². The van der Waals surface area contributed by atoms with Crippen molar-refractivity contribution in [3.05, 3.63) is 0 Å². The van der Waals surface area contributed by atoms with Crippen molar-refractivity contribution < 1.29 is 14.6 Å². The summed E-state index contributed by atoms with van der Waals surface area (Å²) in [6.45, 7) is 3.89. The van der Waals surface area contributed by atoms with Crippen molar-refractivity contribution in [2.24, 2.45) is 11.8 Å². The van der Waals surface area contributed by atoms with Crippen molar-refractivity contribution in [2.75, 3.05) is 13.1 Å². The highest BCUT2D eigenvalue weighted by Crippen LogP contribution is 2.42. The van der Waals surface area contributed by atoms with E-state index in [1.54, 1.807) is 0 Å². The molecule has 1 aliphatic carbocycles. The summed E-state index contributed by atoms with van der Waals surface area (Å²) in [6.07, 6.45) is 6.32. The molecule has 0 spiro atoms. The number of hydrogen-bond acceptors (Lipinski definition) is 3. The molecule has 4 heteroatoms. The largest absolute Gasteiger partial charge is 0.480 e. The predicted octanol–water partition coefficient (Wildman–Crippen LogP) is 1.74. The minimum Gasteiger partial charge on any atom is -0.480 e. The van der Waals surface area contributed by atoms with Gasteiger partial charge in [0.05, 0.1) is 12.2 Å². The molecule has 2 heterocycles. The Bertz CT molecular complexity index is 333. The highest BCUT2D eigenvalue weighted by Gasteiger charge is 2.48. The molecule has 1 N–H and O–H groups in total. The fraction of sp³-hybridized carbons (Fsp3) is 0.929. The van der Waals surface area contributed by atoms with Crippen LogP contribution in [0.15, 0.2) is 0 Å². The average molecular weight is 253 g/mol. The summed E-state index contributed by atoms with van der Waals surface area (Å²) in [5.74, 6) is 0.377. The van der Waals surface area contributed by atoms with Gasteiger partial charge in [-0.3, -0.25) is 9.69 Å². The van der Waals surface area contributed by atoms with E-state index in [-0.39, 0.29) is 12.1 Å². The Hall–Kier alpha value is -0.610. The molecule has 102 valence electrons. The molecular weight excluding hydrogens is 230 g/mol. The van der Waals surface area contributed by atoms with Gasteiger partial charge in [0.1, 0.15) is 6.04 Å². The summed E-state index contributed by atoms with van der Waals surface area (Å²) in [5.41, 5.74) is 0. The number of fused-ring (bicyclic) bond motifs is 1. The molecule has 3 fully saturated rings. The second-order valence-electron chi connectivity index (χ2n) is 6.24. The van der Waals surface area contributed by atoms with Crippen LogP contribution in [0, 0.1) is 11.8 Å². The molecule has 1 saturated carbocycles. The van der Waals surface area contributed by atoms with Crippen molar-refractivity contribution >= 4 is 5.97 Å². The van der Waals surface area contributed by atoms with Gasteiger partial charge >= 0.3 is 5.97 Å². The van der Waals surface area contributed by atoms with Crippen molar-refractivity contribution in [1.82, 2.24) is 4.90 Å². The fourth-order valence-electron chi connectivity index (χ4n) is 4.20. The average Bonchev–Trinajstić information content (AvgIpc) is 2.93. The van der Waals surface area contributed by atoms with Gasteiger partial charge < -0.3 is 9.84 Å². The molecule has 3 rings (SSSR count). The minimum atomic E-state index is -0.629. The number of rotatable bonds is 3. The lowest BCUT2D eigenvalue weighted by molar-refractivity contribution is -0.144. The molecule has 5 atom stereocenters. The molecule has 5 unspecified atom stereocenters. The third kappa shape index (κ3) is 2.16. The molecule has 0 aromatic heterocycles. The number of carboxylic acid groups (broad SMARTS) is 1. The van der Waals surface area contributed by atoms with Gasteiger partial charge in [-0.2, -0.15) is 0 Å². The molecule has 0 aromatic rings. The summed E-state index contributed by atoms with van der Waals surface area (Å²) in [6, 6.07) is -0.253. The van der Waals surface area contributed by atoms with Crippen LogP contribution in [0.2, 0.25) is 0 Å². The lowest BCUT2D eigenvalue weighted by Crippen LogP contribution is -2.43. The fourth-order valence-corrected chi connectivity index (χ4v) is 4.20. The summed E-state index contributed by atoms with van der Waals surface area (Å²) in [4.78, 5) is 13.7. The maximum Gasteiger partial charge on any atom is 0.321 e. The molecule has 0 aromatic carbocycles. The Morgan fingerprint density at radius 2 is 2.17 bits per heavy atom. The van der Waals surface area contributed by atoms with E-state index < -0.39 is 5.97 Å². The van der Waals surface area contributed by atoms with Gasteiger partial charge in [-0.05, 0) is 44.4 Å². The van der Waals surface area contributed by atoms with Gasteiger partial charge in [0.15, 0.2) is 0 Å². The summed E-state index contributed by atoms with van der Waals surface area (Å²) >= 11 is 0. The van der Waals surface area contributed by atoms with E-state index in [1.165, 1.54) is 12.8 Å². The van der Waals surface area contributed by atoms with Gasteiger partial charge in [0.2, 0.25) is 0 Å². The third-order valence-corrected chi connectivity index (χ3v) is 5.00. The van der Waals surface area contributed by atoms with Crippen LogP contribution in [0.1, 0.15) is 39.0 Å². The highest BCUT2D eigenvalue weighted by molar-refractivity contribution is 5.74. The first-order valence-electron chi connectivity index (χ1n) is 7.27. The van der Waals surface area contributed by atoms with Crippen LogP contribution >= 0.6 is 0 Å². The summed E-state index contributed by atoms with van der Waals surface area (Å²) in [5, 5.41) is 9.47. The Balaban J connectivity index is 1.66. The van der Waals surface area contributed by atoms with Crippen LogP contribution in [0.4, 0.5) is 0 Å². The Morgan fingerprint density at radius 1 is 1.33 bits per heavy atom. The second kappa shape index (κ2) is 4.82. The Morgan fingerprint density at radius 3 is 2.83 bits per heavy atom. The second-order valence-corrected chi connectivity index (χ2v) is 6.24. The van der Waals surface area contributed by atoms with Gasteiger partial charge in [-0.25, -0.2) is 0 Å². The van der Waals surface area contributed by atoms with E-state index >= 15 is 0 Å². The molecule has 2 aliphatic heterocycles. The zero-order valence-corrected chi connectivity index (χ0v) is 11.0.